The van der Waals surface area contributed by atoms with E-state index in [1.54, 1.807) is 4.90 Å². The minimum absolute atomic E-state index is 0.0173. The summed E-state index contributed by atoms with van der Waals surface area (Å²) in [5, 5.41) is 11.5. The first-order valence-electron chi connectivity index (χ1n) is 10.5. The van der Waals surface area contributed by atoms with Gasteiger partial charge in [-0.1, -0.05) is 35.0 Å². The van der Waals surface area contributed by atoms with Crippen molar-refractivity contribution in [3.05, 3.63) is 65.0 Å². The van der Waals surface area contributed by atoms with E-state index in [2.05, 4.69) is 10.1 Å². The molecule has 2 aromatic carbocycles. The first-order valence-corrected chi connectivity index (χ1v) is 10.5. The zero-order valence-electron chi connectivity index (χ0n) is 18.0. The number of aromatic nitrogens is 2. The molecule has 1 saturated heterocycles. The van der Waals surface area contributed by atoms with Crippen molar-refractivity contribution in [1.29, 1.82) is 5.41 Å². The van der Waals surface area contributed by atoms with Crippen LogP contribution < -0.4 is 10.5 Å². The summed E-state index contributed by atoms with van der Waals surface area (Å²) in [6, 6.07) is 11.1. The SMILES string of the molecule is Cc1ccc(COc2ccc(-c3noc([C@@H]4CCCN(C(=N)N)C4)n3)cc2C(F)(F)F)cc1. The fourth-order valence-corrected chi connectivity index (χ4v) is 3.78. The molecule has 2 heterocycles. The van der Waals surface area contributed by atoms with Crippen molar-refractivity contribution in [2.24, 2.45) is 5.73 Å². The normalized spacial score (nSPS) is 16.6. The van der Waals surface area contributed by atoms with Crippen LogP contribution in [0.4, 0.5) is 13.2 Å². The first-order chi connectivity index (χ1) is 15.7. The number of guanidine groups is 1. The molecular formula is C23H24F3N5O2. The van der Waals surface area contributed by atoms with E-state index in [0.29, 0.717) is 19.0 Å². The summed E-state index contributed by atoms with van der Waals surface area (Å²) in [6.07, 6.45) is -3.05. The molecule has 0 saturated carbocycles. The fraction of sp³-hybridized carbons (Fsp3) is 0.348. The second-order valence-electron chi connectivity index (χ2n) is 8.11. The number of aryl methyl sites for hydroxylation is 1. The average molecular weight is 459 g/mol. The Kier molecular flexibility index (Phi) is 6.26. The highest BCUT2D eigenvalue weighted by molar-refractivity contribution is 5.74. The Morgan fingerprint density at radius 2 is 2.00 bits per heavy atom. The number of nitrogens with two attached hydrogens (primary N) is 1. The Balaban J connectivity index is 1.55. The Bertz CT molecular complexity index is 1130. The topological polar surface area (TPSA) is 101 Å². The molecule has 1 atom stereocenters. The molecule has 3 aromatic rings. The minimum atomic E-state index is -4.61. The molecule has 1 fully saturated rings. The number of rotatable bonds is 5. The highest BCUT2D eigenvalue weighted by Gasteiger charge is 2.35. The van der Waals surface area contributed by atoms with E-state index in [0.717, 1.165) is 30.0 Å². The molecule has 0 unspecified atom stereocenters. The number of ether oxygens (including phenoxy) is 1. The van der Waals surface area contributed by atoms with Crippen LogP contribution >= 0.6 is 0 Å². The molecule has 3 N–H and O–H groups in total. The van der Waals surface area contributed by atoms with Crippen molar-refractivity contribution in [3.63, 3.8) is 0 Å². The lowest BCUT2D eigenvalue weighted by Crippen LogP contribution is -2.42. The van der Waals surface area contributed by atoms with Crippen LogP contribution in [0.5, 0.6) is 5.75 Å². The van der Waals surface area contributed by atoms with Gasteiger partial charge >= 0.3 is 6.18 Å². The zero-order valence-corrected chi connectivity index (χ0v) is 18.0. The first kappa shape index (κ1) is 22.6. The second kappa shape index (κ2) is 9.13. The molecule has 1 aliphatic rings. The lowest BCUT2D eigenvalue weighted by molar-refractivity contribution is -0.139. The van der Waals surface area contributed by atoms with Gasteiger partial charge in [-0.05, 0) is 43.5 Å². The Morgan fingerprint density at radius 1 is 1.24 bits per heavy atom. The van der Waals surface area contributed by atoms with E-state index in [1.165, 1.54) is 12.1 Å². The third kappa shape index (κ3) is 5.27. The summed E-state index contributed by atoms with van der Waals surface area (Å²) in [5.74, 6) is -0.0387. The summed E-state index contributed by atoms with van der Waals surface area (Å²) >= 11 is 0. The molecule has 33 heavy (non-hydrogen) atoms. The predicted molar refractivity (Wildman–Crippen MR) is 116 cm³/mol. The van der Waals surface area contributed by atoms with Crippen molar-refractivity contribution in [1.82, 2.24) is 15.0 Å². The number of hydrogen-bond acceptors (Lipinski definition) is 5. The Hall–Kier alpha value is -3.56. The number of piperidine rings is 1. The second-order valence-corrected chi connectivity index (χ2v) is 8.11. The van der Waals surface area contributed by atoms with Gasteiger partial charge in [0, 0.05) is 18.7 Å². The summed E-state index contributed by atoms with van der Waals surface area (Å²) in [4.78, 5) is 6.04. The number of nitrogens with zero attached hydrogens (tertiary/aromatic N) is 3. The van der Waals surface area contributed by atoms with E-state index in [-0.39, 0.29) is 35.6 Å². The molecule has 0 bridgehead atoms. The van der Waals surface area contributed by atoms with E-state index in [4.69, 9.17) is 20.4 Å². The smallest absolute Gasteiger partial charge is 0.419 e. The number of alkyl halides is 3. The maximum absolute atomic E-state index is 13.8. The van der Waals surface area contributed by atoms with E-state index in [9.17, 15) is 13.2 Å². The Labute approximate surface area is 188 Å². The van der Waals surface area contributed by atoms with Crippen molar-refractivity contribution < 1.29 is 22.4 Å². The Morgan fingerprint density at radius 3 is 2.70 bits per heavy atom. The molecule has 0 spiro atoms. The predicted octanol–water partition coefficient (Wildman–Crippen LogP) is 4.72. The summed E-state index contributed by atoms with van der Waals surface area (Å²) in [6.45, 7) is 3.08. The van der Waals surface area contributed by atoms with Gasteiger partial charge in [0.1, 0.15) is 12.4 Å². The van der Waals surface area contributed by atoms with Gasteiger partial charge in [0.2, 0.25) is 11.7 Å². The van der Waals surface area contributed by atoms with Crippen molar-refractivity contribution in [2.45, 2.75) is 38.5 Å². The maximum atomic E-state index is 13.8. The highest BCUT2D eigenvalue weighted by Crippen LogP contribution is 2.39. The van der Waals surface area contributed by atoms with Crippen LogP contribution in [-0.4, -0.2) is 34.1 Å². The molecule has 0 amide bonds. The third-order valence-electron chi connectivity index (χ3n) is 5.61. The molecule has 0 radical (unpaired) electrons. The van der Waals surface area contributed by atoms with Crippen molar-refractivity contribution >= 4 is 5.96 Å². The lowest BCUT2D eigenvalue weighted by Gasteiger charge is -2.30. The molecule has 1 aromatic heterocycles. The quantitative estimate of drug-likeness (QED) is 0.423. The van der Waals surface area contributed by atoms with E-state index >= 15 is 0 Å². The van der Waals surface area contributed by atoms with Gasteiger partial charge in [0.05, 0.1) is 11.5 Å². The van der Waals surface area contributed by atoms with Crippen LogP contribution in [0.15, 0.2) is 47.0 Å². The van der Waals surface area contributed by atoms with Gasteiger partial charge in [-0.15, -0.1) is 0 Å². The standard InChI is InChI=1S/C23H24F3N5O2/c1-14-4-6-15(7-5-14)13-32-19-9-8-16(11-18(19)23(24,25)26)20-29-21(33-30-20)17-3-2-10-31(12-17)22(27)28/h4-9,11,17H,2-3,10,12-13H2,1H3,(H3,27,28)/t17-/m1/s1. The molecule has 1 aliphatic heterocycles. The summed E-state index contributed by atoms with van der Waals surface area (Å²) in [5.41, 5.74) is 6.67. The number of halogens is 3. The monoisotopic (exact) mass is 459 g/mol. The fourth-order valence-electron chi connectivity index (χ4n) is 3.78. The van der Waals surface area contributed by atoms with Gasteiger partial charge in [0.15, 0.2) is 5.96 Å². The largest absolute Gasteiger partial charge is 0.488 e. The molecule has 174 valence electrons. The van der Waals surface area contributed by atoms with E-state index < -0.39 is 11.7 Å². The van der Waals surface area contributed by atoms with Crippen LogP contribution in [0, 0.1) is 12.3 Å². The van der Waals surface area contributed by atoms with Crippen LogP contribution in [0.2, 0.25) is 0 Å². The summed E-state index contributed by atoms with van der Waals surface area (Å²) < 4.78 is 52.1. The zero-order chi connectivity index (χ0) is 23.6. The van der Waals surface area contributed by atoms with Gasteiger partial charge in [-0.25, -0.2) is 0 Å². The van der Waals surface area contributed by atoms with Crippen LogP contribution in [0.3, 0.4) is 0 Å². The average Bonchev–Trinajstić information content (AvgIpc) is 3.28. The summed E-state index contributed by atoms with van der Waals surface area (Å²) in [7, 11) is 0. The van der Waals surface area contributed by atoms with Crippen LogP contribution in [0.25, 0.3) is 11.4 Å². The van der Waals surface area contributed by atoms with Crippen LogP contribution in [0.1, 0.15) is 41.3 Å². The number of hydrogen-bond donors (Lipinski definition) is 2. The number of nitrogens with one attached hydrogen (secondary N) is 1. The molecule has 4 rings (SSSR count). The number of likely N-dealkylation sites (tertiary alicyclic amines) is 1. The number of benzene rings is 2. The molecule has 0 aliphatic carbocycles. The van der Waals surface area contributed by atoms with Crippen molar-refractivity contribution in [2.75, 3.05) is 13.1 Å². The van der Waals surface area contributed by atoms with Crippen molar-refractivity contribution in [3.8, 4) is 17.1 Å². The molecular weight excluding hydrogens is 435 g/mol. The van der Waals surface area contributed by atoms with Crippen LogP contribution in [-0.2, 0) is 12.8 Å². The molecule has 10 heteroatoms. The van der Waals surface area contributed by atoms with Gasteiger partial charge in [-0.2, -0.15) is 18.2 Å². The third-order valence-corrected chi connectivity index (χ3v) is 5.61. The highest BCUT2D eigenvalue weighted by atomic mass is 19.4. The van der Waals surface area contributed by atoms with E-state index in [1.807, 2.05) is 31.2 Å². The van der Waals surface area contributed by atoms with Gasteiger partial charge < -0.3 is 19.9 Å². The lowest BCUT2D eigenvalue weighted by atomic mass is 9.98. The maximum Gasteiger partial charge on any atom is 0.419 e. The molecule has 7 nitrogen and oxygen atoms in total. The minimum Gasteiger partial charge on any atom is -0.488 e. The van der Waals surface area contributed by atoms with Gasteiger partial charge in [-0.3, -0.25) is 5.41 Å². The van der Waals surface area contributed by atoms with Gasteiger partial charge in [0.25, 0.3) is 0 Å².